The summed E-state index contributed by atoms with van der Waals surface area (Å²) in [5, 5.41) is 11.4. The highest BCUT2D eigenvalue weighted by molar-refractivity contribution is 7.09. The fourth-order valence-corrected chi connectivity index (χ4v) is 2.80. The maximum atomic E-state index is 6.10. The van der Waals surface area contributed by atoms with Gasteiger partial charge in [0.15, 0.2) is 0 Å². The summed E-state index contributed by atoms with van der Waals surface area (Å²) in [7, 11) is 0. The van der Waals surface area contributed by atoms with E-state index in [1.807, 2.05) is 46.7 Å². The van der Waals surface area contributed by atoms with Crippen molar-refractivity contribution in [3.05, 3.63) is 58.3 Å². The molecule has 0 fully saturated rings. The molecule has 1 N–H and O–H groups in total. The highest BCUT2D eigenvalue weighted by Gasteiger charge is 2.12. The third-order valence-electron chi connectivity index (χ3n) is 2.90. The van der Waals surface area contributed by atoms with Crippen LogP contribution in [0.1, 0.15) is 18.0 Å². The van der Waals surface area contributed by atoms with E-state index >= 15 is 0 Å². The molecule has 20 heavy (non-hydrogen) atoms. The predicted molar refractivity (Wildman–Crippen MR) is 82.7 cm³/mol. The molecule has 0 aliphatic heterocycles. The van der Waals surface area contributed by atoms with E-state index in [1.165, 1.54) is 0 Å². The number of aromatic nitrogens is 3. The van der Waals surface area contributed by atoms with Gasteiger partial charge in [0.05, 0.1) is 17.4 Å². The van der Waals surface area contributed by atoms with E-state index in [0.29, 0.717) is 5.02 Å². The minimum atomic E-state index is 0.114. The Bertz CT molecular complexity index is 679. The predicted octanol–water partition coefficient (Wildman–Crippen LogP) is 4.16. The molecule has 6 heteroatoms. The zero-order valence-electron chi connectivity index (χ0n) is 10.8. The first kappa shape index (κ1) is 13.1. The van der Waals surface area contributed by atoms with Gasteiger partial charge in [-0.05, 0) is 31.2 Å². The molecule has 2 aromatic heterocycles. The quantitative estimate of drug-likeness (QED) is 0.787. The number of benzene rings is 1. The summed E-state index contributed by atoms with van der Waals surface area (Å²) in [6.45, 7) is 2.08. The second-order valence-electron chi connectivity index (χ2n) is 4.35. The van der Waals surface area contributed by atoms with Crippen LogP contribution in [-0.4, -0.2) is 14.8 Å². The molecule has 0 spiro atoms. The highest BCUT2D eigenvalue weighted by atomic mass is 35.5. The Morgan fingerprint density at radius 1 is 1.35 bits per heavy atom. The molecular weight excluding hydrogens is 292 g/mol. The molecule has 0 amide bonds. The number of halogens is 1. The zero-order chi connectivity index (χ0) is 13.9. The van der Waals surface area contributed by atoms with Gasteiger partial charge in [0.2, 0.25) is 0 Å². The Morgan fingerprint density at radius 3 is 2.95 bits per heavy atom. The van der Waals surface area contributed by atoms with Crippen molar-refractivity contribution in [2.75, 3.05) is 5.32 Å². The molecule has 0 aliphatic carbocycles. The summed E-state index contributed by atoms with van der Waals surface area (Å²) in [5.74, 6) is 0. The molecule has 1 aromatic carbocycles. The summed E-state index contributed by atoms with van der Waals surface area (Å²) in [5.41, 5.74) is 1.90. The molecule has 2 heterocycles. The SMILES string of the molecule is CC(Nc1cc(Cl)ccc1-n1cccn1)c1nccs1. The van der Waals surface area contributed by atoms with E-state index in [4.69, 9.17) is 11.6 Å². The van der Waals surface area contributed by atoms with Crippen LogP contribution < -0.4 is 5.32 Å². The summed E-state index contributed by atoms with van der Waals surface area (Å²) in [6, 6.07) is 7.72. The molecule has 0 saturated heterocycles. The number of anilines is 1. The van der Waals surface area contributed by atoms with E-state index in [0.717, 1.165) is 16.4 Å². The van der Waals surface area contributed by atoms with Gasteiger partial charge in [0.1, 0.15) is 5.01 Å². The Kier molecular flexibility index (Phi) is 3.71. The van der Waals surface area contributed by atoms with Gasteiger partial charge in [-0.25, -0.2) is 9.67 Å². The average Bonchev–Trinajstić information content (AvgIpc) is 3.12. The van der Waals surface area contributed by atoms with Gasteiger partial charge >= 0.3 is 0 Å². The fourth-order valence-electron chi connectivity index (χ4n) is 1.98. The lowest BCUT2D eigenvalue weighted by Crippen LogP contribution is -2.09. The first-order valence-electron chi connectivity index (χ1n) is 6.19. The maximum absolute atomic E-state index is 6.10. The van der Waals surface area contributed by atoms with E-state index in [9.17, 15) is 0 Å². The van der Waals surface area contributed by atoms with E-state index < -0.39 is 0 Å². The average molecular weight is 305 g/mol. The number of hydrogen-bond acceptors (Lipinski definition) is 4. The Balaban J connectivity index is 1.94. The van der Waals surface area contributed by atoms with Crippen LogP contribution in [0.5, 0.6) is 0 Å². The summed E-state index contributed by atoms with van der Waals surface area (Å²) < 4.78 is 1.81. The number of rotatable bonds is 4. The Labute approximate surface area is 126 Å². The second-order valence-corrected chi connectivity index (χ2v) is 5.71. The molecule has 0 bridgehead atoms. The number of hydrogen-bond donors (Lipinski definition) is 1. The minimum absolute atomic E-state index is 0.114. The van der Waals surface area contributed by atoms with Crippen LogP contribution in [0.4, 0.5) is 5.69 Å². The van der Waals surface area contributed by atoms with Gasteiger partial charge in [-0.3, -0.25) is 0 Å². The first-order chi connectivity index (χ1) is 9.74. The smallest absolute Gasteiger partial charge is 0.115 e. The van der Waals surface area contributed by atoms with Crippen LogP contribution in [0.15, 0.2) is 48.2 Å². The largest absolute Gasteiger partial charge is 0.374 e. The topological polar surface area (TPSA) is 42.7 Å². The number of thiazole rings is 1. The van der Waals surface area contributed by atoms with E-state index in [2.05, 4.69) is 22.3 Å². The molecule has 102 valence electrons. The van der Waals surface area contributed by atoms with Gasteiger partial charge in [-0.15, -0.1) is 11.3 Å². The normalized spacial score (nSPS) is 12.3. The van der Waals surface area contributed by atoms with Crippen molar-refractivity contribution in [1.29, 1.82) is 0 Å². The third-order valence-corrected chi connectivity index (χ3v) is 4.10. The maximum Gasteiger partial charge on any atom is 0.115 e. The van der Waals surface area contributed by atoms with Gasteiger partial charge in [0.25, 0.3) is 0 Å². The van der Waals surface area contributed by atoms with Crippen molar-refractivity contribution in [3.8, 4) is 5.69 Å². The van der Waals surface area contributed by atoms with E-state index in [1.54, 1.807) is 17.5 Å². The first-order valence-corrected chi connectivity index (χ1v) is 7.45. The van der Waals surface area contributed by atoms with Gasteiger partial charge in [-0.1, -0.05) is 11.6 Å². The van der Waals surface area contributed by atoms with Crippen LogP contribution in [0.2, 0.25) is 5.02 Å². The second kappa shape index (κ2) is 5.64. The molecule has 4 nitrogen and oxygen atoms in total. The van der Waals surface area contributed by atoms with Gasteiger partial charge in [0, 0.05) is 29.0 Å². The summed E-state index contributed by atoms with van der Waals surface area (Å²) in [4.78, 5) is 4.33. The van der Waals surface area contributed by atoms with Crippen molar-refractivity contribution in [2.24, 2.45) is 0 Å². The summed E-state index contributed by atoms with van der Waals surface area (Å²) in [6.07, 6.45) is 5.47. The van der Waals surface area contributed by atoms with Crippen LogP contribution in [0, 0.1) is 0 Å². The summed E-state index contributed by atoms with van der Waals surface area (Å²) >= 11 is 7.73. The fraction of sp³-hybridized carbons (Fsp3) is 0.143. The van der Waals surface area contributed by atoms with Crippen molar-refractivity contribution >= 4 is 28.6 Å². The molecule has 3 rings (SSSR count). The standard InChI is InChI=1S/C14H13ClN4S/c1-10(14-16-6-8-20-14)18-12-9-11(15)3-4-13(12)19-7-2-5-17-19/h2-10,18H,1H3. The van der Waals surface area contributed by atoms with Crippen molar-refractivity contribution in [2.45, 2.75) is 13.0 Å². The van der Waals surface area contributed by atoms with E-state index in [-0.39, 0.29) is 6.04 Å². The molecule has 1 atom stereocenters. The van der Waals surface area contributed by atoms with Crippen molar-refractivity contribution in [1.82, 2.24) is 14.8 Å². The van der Waals surface area contributed by atoms with Gasteiger partial charge in [-0.2, -0.15) is 5.10 Å². The molecule has 3 aromatic rings. The van der Waals surface area contributed by atoms with Crippen molar-refractivity contribution < 1.29 is 0 Å². The highest BCUT2D eigenvalue weighted by Crippen LogP contribution is 2.28. The van der Waals surface area contributed by atoms with Crippen molar-refractivity contribution in [3.63, 3.8) is 0 Å². The van der Waals surface area contributed by atoms with Gasteiger partial charge < -0.3 is 5.32 Å². The Morgan fingerprint density at radius 2 is 2.25 bits per heavy atom. The molecule has 0 saturated carbocycles. The zero-order valence-corrected chi connectivity index (χ0v) is 12.4. The third kappa shape index (κ3) is 2.69. The Hall–Kier alpha value is -1.85. The lowest BCUT2D eigenvalue weighted by molar-refractivity contribution is 0.846. The van der Waals surface area contributed by atoms with Crippen LogP contribution in [-0.2, 0) is 0 Å². The molecular formula is C14H13ClN4S. The lowest BCUT2D eigenvalue weighted by Gasteiger charge is -2.16. The monoisotopic (exact) mass is 304 g/mol. The molecule has 1 unspecified atom stereocenters. The minimum Gasteiger partial charge on any atom is -0.374 e. The number of nitrogens with one attached hydrogen (secondary N) is 1. The van der Waals surface area contributed by atoms with Crippen LogP contribution in [0.3, 0.4) is 0 Å². The van der Waals surface area contributed by atoms with Crippen LogP contribution in [0.25, 0.3) is 5.69 Å². The molecule has 0 aliphatic rings. The lowest BCUT2D eigenvalue weighted by atomic mass is 10.2. The van der Waals surface area contributed by atoms with Crippen LogP contribution >= 0.6 is 22.9 Å². The molecule has 0 radical (unpaired) electrons. The number of nitrogens with zero attached hydrogens (tertiary/aromatic N) is 3.